The number of pyridine rings is 1. The van der Waals surface area contributed by atoms with E-state index in [1.807, 2.05) is 26.0 Å². The Kier molecular flexibility index (Phi) is 8.65. The van der Waals surface area contributed by atoms with Crippen LogP contribution in [-0.4, -0.2) is 4.98 Å². The summed E-state index contributed by atoms with van der Waals surface area (Å²) in [6.45, 7) is 14.9. The third kappa shape index (κ3) is 5.50. The van der Waals surface area contributed by atoms with Gasteiger partial charge in [-0.05, 0) is 59.7 Å². The lowest BCUT2D eigenvalue weighted by Gasteiger charge is -2.15. The molecule has 3 aromatic rings. The number of hydrogen-bond donors (Lipinski definition) is 1. The van der Waals surface area contributed by atoms with Crippen molar-refractivity contribution in [1.29, 1.82) is 0 Å². The van der Waals surface area contributed by atoms with Crippen molar-refractivity contribution < 1.29 is 0 Å². The van der Waals surface area contributed by atoms with Crippen LogP contribution < -0.4 is 5.73 Å². The number of rotatable bonds is 2. The van der Waals surface area contributed by atoms with Gasteiger partial charge in [0.25, 0.3) is 0 Å². The highest BCUT2D eigenvalue weighted by Crippen LogP contribution is 2.29. The van der Waals surface area contributed by atoms with Gasteiger partial charge in [0.1, 0.15) is 0 Å². The Hall–Kier alpha value is -2.61. The number of nitrogen functional groups attached to an aromatic ring is 1. The van der Waals surface area contributed by atoms with E-state index in [0.29, 0.717) is 11.8 Å². The van der Waals surface area contributed by atoms with Crippen molar-refractivity contribution in [3.8, 4) is 0 Å². The second-order valence-electron chi connectivity index (χ2n) is 8.27. The van der Waals surface area contributed by atoms with Gasteiger partial charge in [0.05, 0.1) is 0 Å². The second kappa shape index (κ2) is 11.0. The van der Waals surface area contributed by atoms with Crippen LogP contribution >= 0.6 is 0 Å². The van der Waals surface area contributed by atoms with E-state index >= 15 is 0 Å². The monoisotopic (exact) mass is 402 g/mol. The zero-order chi connectivity index (χ0) is 22.3. The topological polar surface area (TPSA) is 38.9 Å². The molecule has 160 valence electrons. The summed E-state index contributed by atoms with van der Waals surface area (Å²) < 4.78 is 0. The quantitative estimate of drug-likeness (QED) is 0.440. The molecule has 0 saturated heterocycles. The van der Waals surface area contributed by atoms with Crippen molar-refractivity contribution in [2.45, 2.75) is 73.1 Å². The molecule has 2 N–H and O–H groups in total. The first-order valence-corrected chi connectivity index (χ1v) is 11.3. The zero-order valence-electron chi connectivity index (χ0n) is 19.8. The molecule has 1 aliphatic rings. The van der Waals surface area contributed by atoms with Crippen LogP contribution in [0.15, 0.2) is 48.5 Å². The fourth-order valence-electron chi connectivity index (χ4n) is 3.86. The van der Waals surface area contributed by atoms with Gasteiger partial charge >= 0.3 is 0 Å². The molecule has 0 saturated carbocycles. The molecular formula is C28H38N2. The largest absolute Gasteiger partial charge is 0.398 e. The van der Waals surface area contributed by atoms with Crippen LogP contribution in [0.25, 0.3) is 16.8 Å². The Morgan fingerprint density at radius 2 is 1.63 bits per heavy atom. The van der Waals surface area contributed by atoms with Crippen LogP contribution in [0.1, 0.15) is 87.9 Å². The molecule has 2 heteroatoms. The van der Waals surface area contributed by atoms with Crippen molar-refractivity contribution in [2.24, 2.45) is 0 Å². The fraction of sp³-hybridized carbons (Fsp3) is 0.393. The van der Waals surface area contributed by atoms with E-state index < -0.39 is 0 Å². The first-order chi connectivity index (χ1) is 14.4. The molecule has 0 aliphatic heterocycles. The van der Waals surface area contributed by atoms with Gasteiger partial charge in [-0.25, -0.2) is 0 Å². The predicted molar refractivity (Wildman–Crippen MR) is 134 cm³/mol. The van der Waals surface area contributed by atoms with Crippen molar-refractivity contribution in [2.75, 3.05) is 5.73 Å². The maximum absolute atomic E-state index is 6.12. The van der Waals surface area contributed by atoms with Gasteiger partial charge in [0.15, 0.2) is 0 Å². The smallest absolute Gasteiger partial charge is 0.0482 e. The number of benzene rings is 2. The zero-order valence-corrected chi connectivity index (χ0v) is 19.8. The standard InChI is InChI=1S/C13H17N.C13H15N.C2H6/c1-9(2)13-10(3)8-11-6-4-5-7-12(11)14-13;1-9(2)11-8-7-10-5-3-4-6-12(10)13(11)14;1-2/h4,6,8-9H,5,7H2,1-3H3;3-9H,14H2,1-2H3;1-2H3. The lowest BCUT2D eigenvalue weighted by molar-refractivity contribution is 0.785. The van der Waals surface area contributed by atoms with Crippen molar-refractivity contribution in [3.63, 3.8) is 0 Å². The van der Waals surface area contributed by atoms with Gasteiger partial charge in [0.2, 0.25) is 0 Å². The molecule has 0 radical (unpaired) electrons. The Labute approximate surface area is 183 Å². The van der Waals surface area contributed by atoms with Gasteiger partial charge in [-0.1, -0.05) is 90.1 Å². The lowest BCUT2D eigenvalue weighted by Crippen LogP contribution is -2.05. The second-order valence-corrected chi connectivity index (χ2v) is 8.27. The van der Waals surface area contributed by atoms with Gasteiger partial charge < -0.3 is 5.73 Å². The van der Waals surface area contributed by atoms with E-state index in [9.17, 15) is 0 Å². The van der Waals surface area contributed by atoms with E-state index in [4.69, 9.17) is 10.7 Å². The van der Waals surface area contributed by atoms with Gasteiger partial charge in [0, 0.05) is 22.5 Å². The minimum Gasteiger partial charge on any atom is -0.398 e. The summed E-state index contributed by atoms with van der Waals surface area (Å²) in [5.74, 6) is 1.02. The maximum atomic E-state index is 6.12. The molecule has 0 bridgehead atoms. The number of allylic oxidation sites excluding steroid dienone is 1. The van der Waals surface area contributed by atoms with Crippen LogP contribution in [0, 0.1) is 6.92 Å². The molecule has 1 aromatic heterocycles. The summed E-state index contributed by atoms with van der Waals surface area (Å²) in [6.07, 6.45) is 6.67. The first-order valence-electron chi connectivity index (χ1n) is 11.3. The van der Waals surface area contributed by atoms with Gasteiger partial charge in [-0.3, -0.25) is 4.98 Å². The third-order valence-corrected chi connectivity index (χ3v) is 5.38. The summed E-state index contributed by atoms with van der Waals surface area (Å²) in [5.41, 5.74) is 13.5. The molecule has 0 fully saturated rings. The van der Waals surface area contributed by atoms with E-state index in [2.05, 4.69) is 77.1 Å². The maximum Gasteiger partial charge on any atom is 0.0482 e. The van der Waals surface area contributed by atoms with E-state index in [1.54, 1.807) is 0 Å². The summed E-state index contributed by atoms with van der Waals surface area (Å²) in [7, 11) is 0. The Morgan fingerprint density at radius 1 is 0.933 bits per heavy atom. The highest BCUT2D eigenvalue weighted by molar-refractivity contribution is 5.94. The number of hydrogen-bond acceptors (Lipinski definition) is 2. The molecule has 0 amide bonds. The molecule has 0 spiro atoms. The number of nitrogens with two attached hydrogens (primary N) is 1. The summed E-state index contributed by atoms with van der Waals surface area (Å²) in [4.78, 5) is 4.76. The van der Waals surface area contributed by atoms with Gasteiger partial charge in [-0.15, -0.1) is 0 Å². The average Bonchev–Trinajstić information content (AvgIpc) is 2.75. The van der Waals surface area contributed by atoms with Crippen molar-refractivity contribution >= 4 is 22.5 Å². The number of nitrogens with zero attached hydrogens (tertiary/aromatic N) is 1. The molecule has 0 atom stereocenters. The molecule has 2 nitrogen and oxygen atoms in total. The fourth-order valence-corrected chi connectivity index (χ4v) is 3.86. The lowest BCUT2D eigenvalue weighted by atomic mass is 9.97. The highest BCUT2D eigenvalue weighted by Gasteiger charge is 2.11. The molecule has 30 heavy (non-hydrogen) atoms. The Balaban J connectivity index is 0.000000197. The molecule has 4 rings (SSSR count). The van der Waals surface area contributed by atoms with Crippen LogP contribution in [0.5, 0.6) is 0 Å². The van der Waals surface area contributed by atoms with Crippen LogP contribution in [0.2, 0.25) is 0 Å². The van der Waals surface area contributed by atoms with E-state index in [-0.39, 0.29) is 0 Å². The summed E-state index contributed by atoms with van der Waals surface area (Å²) >= 11 is 0. The van der Waals surface area contributed by atoms with Crippen LogP contribution in [0.3, 0.4) is 0 Å². The first kappa shape index (κ1) is 23.7. The Morgan fingerprint density at radius 3 is 2.30 bits per heavy atom. The van der Waals surface area contributed by atoms with Crippen LogP contribution in [-0.2, 0) is 6.42 Å². The number of aromatic nitrogens is 1. The van der Waals surface area contributed by atoms with Crippen molar-refractivity contribution in [3.05, 3.63) is 76.6 Å². The third-order valence-electron chi connectivity index (χ3n) is 5.38. The predicted octanol–water partition coefficient (Wildman–Crippen LogP) is 8.04. The summed E-state index contributed by atoms with van der Waals surface area (Å²) in [5, 5.41) is 2.38. The molecule has 1 aliphatic carbocycles. The number of anilines is 1. The molecule has 2 aromatic carbocycles. The number of aryl methyl sites for hydroxylation is 2. The highest BCUT2D eigenvalue weighted by atomic mass is 14.7. The molecule has 0 unspecified atom stereocenters. The van der Waals surface area contributed by atoms with Crippen molar-refractivity contribution in [1.82, 2.24) is 4.98 Å². The summed E-state index contributed by atoms with van der Waals surface area (Å²) in [6, 6.07) is 14.8. The minimum absolute atomic E-state index is 0.486. The van der Waals surface area contributed by atoms with Crippen LogP contribution in [0.4, 0.5) is 5.69 Å². The van der Waals surface area contributed by atoms with E-state index in [0.717, 1.165) is 18.5 Å². The Bertz CT molecular complexity index is 997. The SMILES string of the molecule is CC.CC(C)c1ccc2ccccc2c1N.Cc1cc2c(nc1C(C)C)CCC=C2. The normalized spacial score (nSPS) is 12.2. The van der Waals surface area contributed by atoms with Gasteiger partial charge in [-0.2, -0.15) is 0 Å². The molecular weight excluding hydrogens is 364 g/mol. The minimum atomic E-state index is 0.486. The number of fused-ring (bicyclic) bond motifs is 2. The van der Waals surface area contributed by atoms with E-state index in [1.165, 1.54) is 38.9 Å². The average molecular weight is 403 g/mol. The molecule has 1 heterocycles.